The van der Waals surface area contributed by atoms with Gasteiger partial charge in [0.05, 0.1) is 32.3 Å². The smallest absolute Gasteiger partial charge is 0.233 e. The third-order valence-corrected chi connectivity index (χ3v) is 3.77. The summed E-state index contributed by atoms with van der Waals surface area (Å²) in [5.41, 5.74) is 0.880. The molecular formula is C17H23N3O4. The van der Waals surface area contributed by atoms with E-state index in [4.69, 9.17) is 14.3 Å². The van der Waals surface area contributed by atoms with E-state index in [0.29, 0.717) is 18.1 Å². The summed E-state index contributed by atoms with van der Waals surface area (Å²) in [6.45, 7) is 5.09. The van der Waals surface area contributed by atoms with Crippen molar-refractivity contribution in [1.82, 2.24) is 5.01 Å². The number of hydrazine groups is 1. The SMILES string of the molecule is CCN(CC)/[N+]([O-])=N/OCc1ccc2c(OC)ccc(OC)c2c1. The lowest BCUT2D eigenvalue weighted by molar-refractivity contribution is -0.710. The minimum absolute atomic E-state index is 0.191. The highest BCUT2D eigenvalue weighted by Crippen LogP contribution is 2.33. The molecule has 130 valence electrons. The lowest BCUT2D eigenvalue weighted by atomic mass is 10.1. The van der Waals surface area contributed by atoms with Gasteiger partial charge in [0.25, 0.3) is 0 Å². The molecule has 0 saturated heterocycles. The number of fused-ring (bicyclic) bond motifs is 1. The molecule has 0 aliphatic carbocycles. The molecule has 7 nitrogen and oxygen atoms in total. The van der Waals surface area contributed by atoms with Gasteiger partial charge in [0, 0.05) is 10.8 Å². The molecule has 0 unspecified atom stereocenters. The first kappa shape index (κ1) is 17.7. The van der Waals surface area contributed by atoms with Crippen LogP contribution in [0.4, 0.5) is 0 Å². The third kappa shape index (κ3) is 3.79. The normalized spacial score (nSPS) is 11.4. The maximum absolute atomic E-state index is 11.7. The zero-order chi connectivity index (χ0) is 17.5. The monoisotopic (exact) mass is 333 g/mol. The summed E-state index contributed by atoms with van der Waals surface area (Å²) < 4.78 is 10.8. The first-order valence-electron chi connectivity index (χ1n) is 7.83. The van der Waals surface area contributed by atoms with E-state index in [9.17, 15) is 5.21 Å². The average Bonchev–Trinajstić information content (AvgIpc) is 2.61. The van der Waals surface area contributed by atoms with Crippen LogP contribution in [0.15, 0.2) is 35.6 Å². The molecule has 0 N–H and O–H groups in total. The molecule has 24 heavy (non-hydrogen) atoms. The Morgan fingerprint density at radius 1 is 1.00 bits per heavy atom. The fourth-order valence-electron chi connectivity index (χ4n) is 2.46. The second kappa shape index (κ2) is 8.24. The van der Waals surface area contributed by atoms with Gasteiger partial charge in [0.1, 0.15) is 18.1 Å². The molecule has 0 heterocycles. The standard InChI is InChI=1S/C17H23N3O4/c1-5-19(6-2)20(21)18-24-12-13-7-8-14-15(11-13)17(23-4)10-9-16(14)22-3/h7-11H,5-6,12H2,1-4H3/b20-18-. The Morgan fingerprint density at radius 3 is 2.21 bits per heavy atom. The molecule has 0 aliphatic heterocycles. The van der Waals surface area contributed by atoms with Crippen molar-refractivity contribution in [2.24, 2.45) is 5.28 Å². The van der Waals surface area contributed by atoms with Gasteiger partial charge in [-0.15, -0.1) is 5.01 Å². The van der Waals surface area contributed by atoms with Gasteiger partial charge in [-0.1, -0.05) is 12.1 Å². The van der Waals surface area contributed by atoms with Crippen molar-refractivity contribution in [3.05, 3.63) is 41.1 Å². The largest absolute Gasteiger partial charge is 0.569 e. The van der Waals surface area contributed by atoms with Crippen molar-refractivity contribution in [2.45, 2.75) is 20.5 Å². The Morgan fingerprint density at radius 2 is 1.62 bits per heavy atom. The number of methoxy groups -OCH3 is 2. The van der Waals surface area contributed by atoms with Crippen LogP contribution < -0.4 is 9.47 Å². The van der Waals surface area contributed by atoms with Crippen LogP contribution in [0, 0.1) is 5.21 Å². The quantitative estimate of drug-likeness (QED) is 0.420. The van der Waals surface area contributed by atoms with Crippen LogP contribution in [0.5, 0.6) is 11.5 Å². The Kier molecular flexibility index (Phi) is 6.06. The zero-order valence-corrected chi connectivity index (χ0v) is 14.5. The first-order valence-corrected chi connectivity index (χ1v) is 7.83. The van der Waals surface area contributed by atoms with Crippen molar-refractivity contribution in [1.29, 1.82) is 0 Å². The van der Waals surface area contributed by atoms with Crippen molar-refractivity contribution >= 4 is 10.8 Å². The zero-order valence-electron chi connectivity index (χ0n) is 14.5. The molecule has 0 radical (unpaired) electrons. The molecule has 0 fully saturated rings. The van der Waals surface area contributed by atoms with Gasteiger partial charge in [-0.2, -0.15) is 0 Å². The van der Waals surface area contributed by atoms with E-state index in [1.807, 2.05) is 44.2 Å². The second-order valence-electron chi connectivity index (χ2n) is 5.10. The van der Waals surface area contributed by atoms with Crippen LogP contribution in [0.2, 0.25) is 0 Å². The predicted octanol–water partition coefficient (Wildman–Crippen LogP) is 3.51. The Hall–Kier alpha value is -2.70. The third-order valence-electron chi connectivity index (χ3n) is 3.77. The van der Waals surface area contributed by atoms with E-state index >= 15 is 0 Å². The summed E-state index contributed by atoms with van der Waals surface area (Å²) in [5.74, 6) is 1.52. The van der Waals surface area contributed by atoms with Gasteiger partial charge in [0.15, 0.2) is 0 Å². The lowest BCUT2D eigenvalue weighted by Crippen LogP contribution is -2.30. The van der Waals surface area contributed by atoms with E-state index < -0.39 is 0 Å². The molecule has 0 aromatic heterocycles. The highest BCUT2D eigenvalue weighted by atomic mass is 16.7. The Bertz CT molecular complexity index is 714. The maximum Gasteiger partial charge on any atom is 0.233 e. The first-order chi connectivity index (χ1) is 11.6. The summed E-state index contributed by atoms with van der Waals surface area (Å²) >= 11 is 0. The maximum atomic E-state index is 11.7. The molecule has 2 rings (SSSR count). The van der Waals surface area contributed by atoms with Gasteiger partial charge in [-0.05, 0) is 37.6 Å². The lowest BCUT2D eigenvalue weighted by Gasteiger charge is -2.13. The Labute approximate surface area is 141 Å². The topological polar surface area (TPSA) is 69.4 Å². The summed E-state index contributed by atoms with van der Waals surface area (Å²) in [5, 5.41) is 18.6. The number of nitrogens with zero attached hydrogens (tertiary/aromatic N) is 3. The average molecular weight is 333 g/mol. The molecule has 0 bridgehead atoms. The van der Waals surface area contributed by atoms with Gasteiger partial charge < -0.3 is 19.5 Å². The van der Waals surface area contributed by atoms with E-state index in [0.717, 1.165) is 27.8 Å². The van der Waals surface area contributed by atoms with Crippen molar-refractivity contribution in [3.63, 3.8) is 0 Å². The number of rotatable bonds is 8. The summed E-state index contributed by atoms with van der Waals surface area (Å²) in [4.78, 5) is 5.65. The van der Waals surface area contributed by atoms with Crippen LogP contribution in [0.1, 0.15) is 19.4 Å². The molecule has 2 aromatic carbocycles. The number of hydrogen-bond donors (Lipinski definition) is 0. The van der Waals surface area contributed by atoms with Crippen LogP contribution in [0.3, 0.4) is 0 Å². The van der Waals surface area contributed by atoms with Gasteiger partial charge in [0.2, 0.25) is 5.28 Å². The molecule has 0 spiro atoms. The fourth-order valence-corrected chi connectivity index (χ4v) is 2.46. The Balaban J connectivity index is 2.20. The second-order valence-corrected chi connectivity index (χ2v) is 5.10. The summed E-state index contributed by atoms with van der Waals surface area (Å²) in [6, 6.07) is 9.52. The van der Waals surface area contributed by atoms with Gasteiger partial charge in [-0.25, -0.2) is 0 Å². The molecular weight excluding hydrogens is 310 g/mol. The molecule has 2 aromatic rings. The molecule has 0 aliphatic rings. The van der Waals surface area contributed by atoms with Crippen LogP contribution >= 0.6 is 0 Å². The molecule has 0 saturated carbocycles. The van der Waals surface area contributed by atoms with Crippen molar-refractivity contribution in [3.8, 4) is 11.5 Å². The van der Waals surface area contributed by atoms with E-state index in [1.165, 1.54) is 5.01 Å². The molecule has 7 heteroatoms. The number of ether oxygens (including phenoxy) is 2. The van der Waals surface area contributed by atoms with Gasteiger partial charge in [-0.3, -0.25) is 0 Å². The minimum Gasteiger partial charge on any atom is -0.569 e. The molecule has 0 atom stereocenters. The van der Waals surface area contributed by atoms with Crippen LogP contribution in [-0.4, -0.2) is 37.3 Å². The highest BCUT2D eigenvalue weighted by molar-refractivity contribution is 5.93. The van der Waals surface area contributed by atoms with Crippen LogP contribution in [-0.2, 0) is 11.4 Å². The number of hydrogen-bond acceptors (Lipinski definition) is 5. The van der Waals surface area contributed by atoms with Gasteiger partial charge >= 0.3 is 0 Å². The van der Waals surface area contributed by atoms with E-state index in [2.05, 4.69) is 5.28 Å². The van der Waals surface area contributed by atoms with E-state index in [-0.39, 0.29) is 6.61 Å². The van der Waals surface area contributed by atoms with Crippen molar-refractivity contribution < 1.29 is 19.3 Å². The highest BCUT2D eigenvalue weighted by Gasteiger charge is 2.10. The van der Waals surface area contributed by atoms with Crippen LogP contribution in [0.25, 0.3) is 10.8 Å². The molecule has 0 amide bonds. The summed E-state index contributed by atoms with van der Waals surface area (Å²) in [7, 11) is 3.26. The summed E-state index contributed by atoms with van der Waals surface area (Å²) in [6.07, 6.45) is 0. The fraction of sp³-hybridized carbons (Fsp3) is 0.412. The minimum atomic E-state index is 0.191. The van der Waals surface area contributed by atoms with Crippen molar-refractivity contribution in [2.75, 3.05) is 27.3 Å². The predicted molar refractivity (Wildman–Crippen MR) is 90.8 cm³/mol. The van der Waals surface area contributed by atoms with E-state index in [1.54, 1.807) is 14.2 Å². The number of benzene rings is 2.